The first-order valence-corrected chi connectivity index (χ1v) is 7.04. The van der Waals surface area contributed by atoms with E-state index >= 15 is 0 Å². The molecular formula is C12H17N3OS. The summed E-state index contributed by atoms with van der Waals surface area (Å²) in [6.45, 7) is 2.81. The summed E-state index contributed by atoms with van der Waals surface area (Å²) >= 11 is 1.88. The molecule has 4 nitrogen and oxygen atoms in total. The van der Waals surface area contributed by atoms with Gasteiger partial charge >= 0.3 is 0 Å². The molecule has 2 heterocycles. The Hall–Kier alpha value is -1.23. The van der Waals surface area contributed by atoms with Gasteiger partial charge in [0.05, 0.1) is 0 Å². The minimum Gasteiger partial charge on any atom is -0.370 e. The van der Waals surface area contributed by atoms with Crippen LogP contribution in [-0.4, -0.2) is 35.0 Å². The summed E-state index contributed by atoms with van der Waals surface area (Å²) in [7, 11) is 0. The van der Waals surface area contributed by atoms with Crippen molar-refractivity contribution >= 4 is 23.5 Å². The van der Waals surface area contributed by atoms with Crippen molar-refractivity contribution < 1.29 is 4.79 Å². The van der Waals surface area contributed by atoms with Gasteiger partial charge in [0, 0.05) is 18.3 Å². The second-order valence-electron chi connectivity index (χ2n) is 3.97. The highest BCUT2D eigenvalue weighted by Crippen LogP contribution is 2.17. The number of rotatable bonds is 4. The Balaban J connectivity index is 1.99. The Morgan fingerprint density at radius 2 is 2.47 bits per heavy atom. The van der Waals surface area contributed by atoms with Crippen molar-refractivity contribution in [3.8, 4) is 0 Å². The SMILES string of the molecule is CCNc1cccc(C(=O)NC2CCSC2)n1. The zero-order valence-corrected chi connectivity index (χ0v) is 10.7. The molecule has 2 N–H and O–H groups in total. The molecule has 0 saturated carbocycles. The third-order valence-corrected chi connectivity index (χ3v) is 3.77. The Morgan fingerprint density at radius 3 is 3.18 bits per heavy atom. The van der Waals surface area contributed by atoms with E-state index in [-0.39, 0.29) is 5.91 Å². The number of nitrogens with zero attached hydrogens (tertiary/aromatic N) is 1. The van der Waals surface area contributed by atoms with Crippen LogP contribution in [0.1, 0.15) is 23.8 Å². The molecule has 92 valence electrons. The predicted molar refractivity (Wildman–Crippen MR) is 71.6 cm³/mol. The topological polar surface area (TPSA) is 54.0 Å². The summed E-state index contributed by atoms with van der Waals surface area (Å²) < 4.78 is 0. The first kappa shape index (κ1) is 12.2. The van der Waals surface area contributed by atoms with Crippen molar-refractivity contribution in [1.29, 1.82) is 0 Å². The summed E-state index contributed by atoms with van der Waals surface area (Å²) in [5.41, 5.74) is 0.486. The van der Waals surface area contributed by atoms with Gasteiger partial charge in [0.15, 0.2) is 0 Å². The van der Waals surface area contributed by atoms with Gasteiger partial charge in [-0.1, -0.05) is 6.07 Å². The van der Waals surface area contributed by atoms with E-state index in [4.69, 9.17) is 0 Å². The summed E-state index contributed by atoms with van der Waals surface area (Å²) in [5.74, 6) is 2.83. The highest BCUT2D eigenvalue weighted by atomic mass is 32.2. The van der Waals surface area contributed by atoms with E-state index in [1.165, 1.54) is 0 Å². The average Bonchev–Trinajstić information content (AvgIpc) is 2.83. The van der Waals surface area contributed by atoms with Crippen LogP contribution in [0.25, 0.3) is 0 Å². The number of pyridine rings is 1. The van der Waals surface area contributed by atoms with E-state index < -0.39 is 0 Å². The van der Waals surface area contributed by atoms with Crippen molar-refractivity contribution in [3.63, 3.8) is 0 Å². The van der Waals surface area contributed by atoms with Crippen LogP contribution in [0.3, 0.4) is 0 Å². The van der Waals surface area contributed by atoms with Gasteiger partial charge in [-0.15, -0.1) is 0 Å². The molecule has 1 unspecified atom stereocenters. The summed E-state index contributed by atoms with van der Waals surface area (Å²) in [5, 5.41) is 6.12. The van der Waals surface area contributed by atoms with Crippen molar-refractivity contribution in [2.75, 3.05) is 23.4 Å². The lowest BCUT2D eigenvalue weighted by Gasteiger charge is -2.11. The number of aromatic nitrogens is 1. The maximum Gasteiger partial charge on any atom is 0.270 e. The van der Waals surface area contributed by atoms with Crippen molar-refractivity contribution in [1.82, 2.24) is 10.3 Å². The molecule has 1 aromatic rings. The number of amides is 1. The molecule has 0 aliphatic carbocycles. The second kappa shape index (κ2) is 5.91. The van der Waals surface area contributed by atoms with Crippen LogP contribution in [0, 0.1) is 0 Å². The Morgan fingerprint density at radius 1 is 1.59 bits per heavy atom. The second-order valence-corrected chi connectivity index (χ2v) is 5.12. The smallest absolute Gasteiger partial charge is 0.270 e. The Kier molecular flexibility index (Phi) is 4.25. The third-order valence-electron chi connectivity index (χ3n) is 2.60. The molecule has 1 aromatic heterocycles. The maximum absolute atomic E-state index is 11.9. The zero-order chi connectivity index (χ0) is 12.1. The number of nitrogens with one attached hydrogen (secondary N) is 2. The fourth-order valence-electron chi connectivity index (χ4n) is 1.75. The standard InChI is InChI=1S/C12H17N3OS/c1-2-13-11-5-3-4-10(15-11)12(16)14-9-6-7-17-8-9/h3-5,9H,2,6-8H2,1H3,(H,13,15)(H,14,16). The van der Waals surface area contributed by atoms with Crippen LogP contribution < -0.4 is 10.6 Å². The fraction of sp³-hybridized carbons (Fsp3) is 0.500. The van der Waals surface area contributed by atoms with Crippen LogP contribution in [0.5, 0.6) is 0 Å². The first-order chi connectivity index (χ1) is 8.29. The number of anilines is 1. The van der Waals surface area contributed by atoms with Gasteiger partial charge in [0.1, 0.15) is 11.5 Å². The highest BCUT2D eigenvalue weighted by molar-refractivity contribution is 7.99. The molecule has 17 heavy (non-hydrogen) atoms. The number of hydrogen-bond acceptors (Lipinski definition) is 4. The molecule has 5 heteroatoms. The average molecular weight is 251 g/mol. The van der Waals surface area contributed by atoms with Crippen molar-refractivity contribution in [2.24, 2.45) is 0 Å². The number of carbonyl (C=O) groups is 1. The van der Waals surface area contributed by atoms with Gasteiger partial charge in [0.25, 0.3) is 5.91 Å². The van der Waals surface area contributed by atoms with Gasteiger partial charge in [-0.2, -0.15) is 11.8 Å². The number of thioether (sulfide) groups is 1. The zero-order valence-electron chi connectivity index (χ0n) is 9.90. The normalized spacial score (nSPS) is 19.0. The maximum atomic E-state index is 11.9. The molecule has 1 aliphatic heterocycles. The minimum atomic E-state index is -0.0720. The fourth-order valence-corrected chi connectivity index (χ4v) is 2.90. The van der Waals surface area contributed by atoms with Gasteiger partial charge in [0.2, 0.25) is 0 Å². The van der Waals surface area contributed by atoms with Gasteiger partial charge in [-0.3, -0.25) is 4.79 Å². The molecule has 1 fully saturated rings. The van der Waals surface area contributed by atoms with Gasteiger partial charge in [-0.05, 0) is 31.2 Å². The molecule has 2 rings (SSSR count). The van der Waals surface area contributed by atoms with Crippen LogP contribution in [-0.2, 0) is 0 Å². The van der Waals surface area contributed by atoms with Gasteiger partial charge < -0.3 is 10.6 Å². The van der Waals surface area contributed by atoms with Crippen LogP contribution in [0.4, 0.5) is 5.82 Å². The highest BCUT2D eigenvalue weighted by Gasteiger charge is 2.18. The first-order valence-electron chi connectivity index (χ1n) is 5.89. The van der Waals surface area contributed by atoms with Crippen LogP contribution >= 0.6 is 11.8 Å². The predicted octanol–water partition coefficient (Wildman–Crippen LogP) is 1.75. The van der Waals surface area contributed by atoms with Crippen molar-refractivity contribution in [2.45, 2.75) is 19.4 Å². The molecule has 1 aliphatic rings. The van der Waals surface area contributed by atoms with E-state index in [0.29, 0.717) is 11.7 Å². The summed E-state index contributed by atoms with van der Waals surface area (Å²) in [6, 6.07) is 5.77. The molecule has 0 radical (unpaired) electrons. The Labute approximate surface area is 106 Å². The molecular weight excluding hydrogens is 234 g/mol. The number of hydrogen-bond donors (Lipinski definition) is 2. The lowest BCUT2D eigenvalue weighted by atomic mass is 10.2. The lowest BCUT2D eigenvalue weighted by molar-refractivity contribution is 0.0936. The third kappa shape index (κ3) is 3.36. The van der Waals surface area contributed by atoms with Crippen LogP contribution in [0.2, 0.25) is 0 Å². The molecule has 1 amide bonds. The molecule has 0 spiro atoms. The summed E-state index contributed by atoms with van der Waals surface area (Å²) in [4.78, 5) is 16.2. The molecule has 1 atom stereocenters. The van der Waals surface area contributed by atoms with Crippen LogP contribution in [0.15, 0.2) is 18.2 Å². The molecule has 0 bridgehead atoms. The van der Waals surface area contributed by atoms with E-state index in [2.05, 4.69) is 15.6 Å². The molecule has 0 aromatic carbocycles. The quantitative estimate of drug-likeness (QED) is 0.856. The van der Waals surface area contributed by atoms with E-state index in [0.717, 1.165) is 30.3 Å². The largest absolute Gasteiger partial charge is 0.370 e. The minimum absolute atomic E-state index is 0.0720. The van der Waals surface area contributed by atoms with E-state index in [1.807, 2.05) is 30.8 Å². The monoisotopic (exact) mass is 251 g/mol. The van der Waals surface area contributed by atoms with Crippen molar-refractivity contribution in [3.05, 3.63) is 23.9 Å². The van der Waals surface area contributed by atoms with E-state index in [1.54, 1.807) is 6.07 Å². The molecule has 1 saturated heterocycles. The summed E-state index contributed by atoms with van der Waals surface area (Å²) in [6.07, 6.45) is 1.06. The van der Waals surface area contributed by atoms with Gasteiger partial charge in [-0.25, -0.2) is 4.98 Å². The van der Waals surface area contributed by atoms with E-state index in [9.17, 15) is 4.79 Å². The lowest BCUT2D eigenvalue weighted by Crippen LogP contribution is -2.35. The Bertz CT molecular complexity index is 391. The number of carbonyl (C=O) groups excluding carboxylic acids is 1.